The van der Waals surface area contributed by atoms with E-state index in [1.165, 1.54) is 0 Å². The summed E-state index contributed by atoms with van der Waals surface area (Å²) in [5, 5.41) is 0. The maximum absolute atomic E-state index is 0. The van der Waals surface area contributed by atoms with Crippen molar-refractivity contribution in [1.82, 2.24) is 0 Å². The zero-order valence-electron chi connectivity index (χ0n) is 2.21. The summed E-state index contributed by atoms with van der Waals surface area (Å²) >= 11 is 0. The van der Waals surface area contributed by atoms with Crippen LogP contribution in [0.1, 0.15) is 0 Å². The van der Waals surface area contributed by atoms with Crippen molar-refractivity contribution < 1.29 is 16.4 Å². The van der Waals surface area contributed by atoms with Crippen LogP contribution in [-0.2, 0) is 0 Å². The van der Waals surface area contributed by atoms with Crippen LogP contribution in [0.25, 0.3) is 0 Å². The fourth-order valence-electron chi connectivity index (χ4n) is 0. The van der Waals surface area contributed by atoms with Crippen LogP contribution in [0.15, 0.2) is 0 Å². The summed E-state index contributed by atoms with van der Waals surface area (Å²) in [6.07, 6.45) is 0. The third-order valence-electron chi connectivity index (χ3n) is 0. The minimum absolute atomic E-state index is 0. The Morgan fingerprint density at radius 1 is 0.500 bits per heavy atom. The molecule has 26 valence electrons. The molecule has 0 rings (SSSR count). The topological polar surface area (TPSA) is 94.5 Å². The largest absolute Gasteiger partial charge is 0.412 e. The van der Waals surface area contributed by atoms with Crippen LogP contribution in [0.5, 0.6) is 0 Å². The molecule has 0 aliphatic rings. The second-order valence-corrected chi connectivity index (χ2v) is 0. The molecule has 0 spiro atoms. The minimum Gasteiger partial charge on any atom is -0.412 e. The smallest absolute Gasteiger partial charge is 0 e. The first-order valence-corrected chi connectivity index (χ1v) is 0. The van der Waals surface area contributed by atoms with E-state index in [-0.39, 0.29) is 61.9 Å². The fraction of sp³-hybridized carbons (Fsp3) is 0. The van der Waals surface area contributed by atoms with Crippen molar-refractivity contribution >= 4 is 45.5 Å². The molecular formula is H6O3Sr. The summed E-state index contributed by atoms with van der Waals surface area (Å²) in [4.78, 5) is 0. The van der Waals surface area contributed by atoms with Crippen molar-refractivity contribution in [2.24, 2.45) is 0 Å². The minimum atomic E-state index is 0. The molecule has 0 atom stereocenters. The van der Waals surface area contributed by atoms with Crippen molar-refractivity contribution in [3.63, 3.8) is 0 Å². The van der Waals surface area contributed by atoms with Gasteiger partial charge in [-0.2, -0.15) is 0 Å². The van der Waals surface area contributed by atoms with Gasteiger partial charge < -0.3 is 16.4 Å². The molecule has 3 nitrogen and oxygen atoms in total. The summed E-state index contributed by atoms with van der Waals surface area (Å²) in [5.74, 6) is 0. The maximum Gasteiger partial charge on any atom is 0 e. The second-order valence-electron chi connectivity index (χ2n) is 0. The van der Waals surface area contributed by atoms with Crippen molar-refractivity contribution in [2.45, 2.75) is 0 Å². The number of rotatable bonds is 0. The first-order chi connectivity index (χ1) is 0. The van der Waals surface area contributed by atoms with Crippen LogP contribution in [0.3, 0.4) is 0 Å². The Hall–Kier alpha value is 1.36. The van der Waals surface area contributed by atoms with Gasteiger partial charge in [0.1, 0.15) is 0 Å². The molecule has 0 aromatic carbocycles. The van der Waals surface area contributed by atoms with E-state index in [1.54, 1.807) is 0 Å². The Kier molecular flexibility index (Phi) is 366. The molecule has 6 N–H and O–H groups in total. The molecule has 0 aromatic heterocycles. The van der Waals surface area contributed by atoms with Gasteiger partial charge in [-0.1, -0.05) is 0 Å². The third-order valence-corrected chi connectivity index (χ3v) is 0. The molecule has 4 heavy (non-hydrogen) atoms. The van der Waals surface area contributed by atoms with Crippen molar-refractivity contribution in [3.8, 4) is 0 Å². The summed E-state index contributed by atoms with van der Waals surface area (Å²) in [6.45, 7) is 0. The molecule has 0 saturated carbocycles. The maximum atomic E-state index is 0. The molecule has 0 aliphatic carbocycles. The van der Waals surface area contributed by atoms with Crippen LogP contribution in [-0.4, -0.2) is 61.9 Å². The van der Waals surface area contributed by atoms with E-state index >= 15 is 0 Å². The van der Waals surface area contributed by atoms with E-state index in [9.17, 15) is 0 Å². The van der Waals surface area contributed by atoms with Crippen molar-refractivity contribution in [3.05, 3.63) is 0 Å². The SMILES string of the molecule is O.O.O.[Sr]. The quantitative estimate of drug-likeness (QED) is 0.325. The third kappa shape index (κ3) is 10.1. The molecule has 4 heteroatoms. The molecule has 2 radical (unpaired) electrons. The number of hydrogen-bond donors (Lipinski definition) is 0. The van der Waals surface area contributed by atoms with Gasteiger partial charge in [0.25, 0.3) is 0 Å². The summed E-state index contributed by atoms with van der Waals surface area (Å²) in [7, 11) is 0. The standard InChI is InChI=1S/3H2O.Sr/h3*1H2;. The Morgan fingerprint density at radius 2 is 0.500 bits per heavy atom. The predicted octanol–water partition coefficient (Wildman–Crippen LogP) is -2.85. The first-order valence-electron chi connectivity index (χ1n) is 0. The van der Waals surface area contributed by atoms with E-state index in [0.717, 1.165) is 0 Å². The Balaban J connectivity index is 0. The Labute approximate surface area is 61.2 Å². The van der Waals surface area contributed by atoms with Crippen molar-refractivity contribution in [1.29, 1.82) is 0 Å². The van der Waals surface area contributed by atoms with E-state index in [2.05, 4.69) is 0 Å². The van der Waals surface area contributed by atoms with Gasteiger partial charge in [0.15, 0.2) is 0 Å². The van der Waals surface area contributed by atoms with Gasteiger partial charge >= 0.3 is 0 Å². The van der Waals surface area contributed by atoms with E-state index in [4.69, 9.17) is 0 Å². The molecular weight excluding hydrogens is 136 g/mol. The van der Waals surface area contributed by atoms with Crippen LogP contribution < -0.4 is 0 Å². The zero-order valence-corrected chi connectivity index (χ0v) is 5.68. The van der Waals surface area contributed by atoms with Crippen LogP contribution in [0.4, 0.5) is 0 Å². The average molecular weight is 142 g/mol. The molecule has 0 aromatic rings. The Bertz CT molecular complexity index is 3.25. The van der Waals surface area contributed by atoms with Gasteiger partial charge in [-0.05, 0) is 0 Å². The van der Waals surface area contributed by atoms with Gasteiger partial charge in [0.05, 0.1) is 0 Å². The van der Waals surface area contributed by atoms with Crippen LogP contribution in [0.2, 0.25) is 0 Å². The number of hydrogen-bond acceptors (Lipinski definition) is 0. The van der Waals surface area contributed by atoms with Gasteiger partial charge in [-0.3, -0.25) is 0 Å². The van der Waals surface area contributed by atoms with Gasteiger partial charge in [-0.15, -0.1) is 0 Å². The van der Waals surface area contributed by atoms with Gasteiger partial charge in [0, 0.05) is 45.5 Å². The molecule has 0 aliphatic heterocycles. The second kappa shape index (κ2) is 26.6. The van der Waals surface area contributed by atoms with Crippen LogP contribution in [0, 0.1) is 0 Å². The molecule has 0 unspecified atom stereocenters. The molecule has 0 bridgehead atoms. The van der Waals surface area contributed by atoms with E-state index in [0.29, 0.717) is 0 Å². The first kappa shape index (κ1) is 55.1. The predicted molar refractivity (Wildman–Crippen MR) is 16.6 cm³/mol. The van der Waals surface area contributed by atoms with E-state index < -0.39 is 0 Å². The zero-order chi connectivity index (χ0) is 0. The summed E-state index contributed by atoms with van der Waals surface area (Å²) < 4.78 is 0. The van der Waals surface area contributed by atoms with Crippen LogP contribution >= 0.6 is 0 Å². The van der Waals surface area contributed by atoms with E-state index in [1.807, 2.05) is 0 Å². The van der Waals surface area contributed by atoms with Gasteiger partial charge in [-0.25, -0.2) is 0 Å². The molecule has 0 amide bonds. The summed E-state index contributed by atoms with van der Waals surface area (Å²) in [6, 6.07) is 0. The monoisotopic (exact) mass is 142 g/mol. The molecule has 0 heterocycles. The molecule has 0 fully saturated rings. The van der Waals surface area contributed by atoms with Crippen molar-refractivity contribution in [2.75, 3.05) is 0 Å². The summed E-state index contributed by atoms with van der Waals surface area (Å²) in [5.41, 5.74) is 0. The fourth-order valence-corrected chi connectivity index (χ4v) is 0. The Morgan fingerprint density at radius 3 is 0.500 bits per heavy atom. The molecule has 0 saturated heterocycles. The van der Waals surface area contributed by atoms with Gasteiger partial charge in [0.2, 0.25) is 0 Å². The average Bonchev–Trinajstić information content (AvgIpc) is 0. The normalized spacial score (nSPS) is 0.